The van der Waals surface area contributed by atoms with E-state index in [1.54, 1.807) is 0 Å². The number of hydrogen-bond acceptors (Lipinski definition) is 7. The van der Waals surface area contributed by atoms with Crippen LogP contribution in [0.25, 0.3) is 0 Å². The zero-order valence-electron chi connectivity index (χ0n) is 8.28. The summed E-state index contributed by atoms with van der Waals surface area (Å²) in [7, 11) is 1.67. The summed E-state index contributed by atoms with van der Waals surface area (Å²) >= 11 is 0. The van der Waals surface area contributed by atoms with Gasteiger partial charge in [0.15, 0.2) is 0 Å². The maximum absolute atomic E-state index is 11.1. The van der Waals surface area contributed by atoms with Crippen LogP contribution in [0.15, 0.2) is 17.3 Å². The van der Waals surface area contributed by atoms with E-state index in [2.05, 4.69) is 9.72 Å². The molecule has 0 bridgehead atoms. The predicted octanol–water partition coefficient (Wildman–Crippen LogP) is 0.704. The number of rotatable bonds is 3. The van der Waals surface area contributed by atoms with Crippen molar-refractivity contribution >= 4 is 31.4 Å². The summed E-state index contributed by atoms with van der Waals surface area (Å²) in [4.78, 5) is 24.0. The Morgan fingerprint density at radius 3 is 2.59 bits per heavy atom. The van der Waals surface area contributed by atoms with Gasteiger partial charge in [0.2, 0.25) is 5.03 Å². The van der Waals surface area contributed by atoms with Crippen LogP contribution in [0.5, 0.6) is 0 Å². The Hall–Kier alpha value is -1.74. The number of ether oxygens (including phenoxy) is 1. The predicted molar refractivity (Wildman–Crippen MR) is 55.3 cm³/mol. The molecule has 0 aliphatic heterocycles. The molecule has 0 aliphatic rings. The molecule has 1 rings (SSSR count). The SMILES string of the molecule is COC(=O)c1cnc(S(=O)(=O)Cl)c([N+](=O)[O-])c1. The average molecular weight is 281 g/mol. The zero-order chi connectivity index (χ0) is 13.2. The Morgan fingerprint density at radius 2 is 2.18 bits per heavy atom. The van der Waals surface area contributed by atoms with Gasteiger partial charge in [0.25, 0.3) is 9.05 Å². The molecule has 1 aromatic rings. The Balaban J connectivity index is 3.48. The first kappa shape index (κ1) is 13.3. The summed E-state index contributed by atoms with van der Waals surface area (Å²) in [6.07, 6.45) is 0.827. The third-order valence-corrected chi connectivity index (χ3v) is 2.90. The lowest BCUT2D eigenvalue weighted by Gasteiger charge is -2.01. The maximum Gasteiger partial charge on any atom is 0.339 e. The highest BCUT2D eigenvalue weighted by atomic mass is 35.7. The third-order valence-electron chi connectivity index (χ3n) is 1.68. The molecule has 0 spiro atoms. The molecular weight excluding hydrogens is 276 g/mol. The molecule has 0 radical (unpaired) electrons. The number of nitro groups is 1. The normalized spacial score (nSPS) is 10.9. The average Bonchev–Trinajstić information content (AvgIpc) is 2.25. The van der Waals surface area contributed by atoms with Gasteiger partial charge in [-0.05, 0) is 0 Å². The number of methoxy groups -OCH3 is 1. The van der Waals surface area contributed by atoms with Gasteiger partial charge in [0.1, 0.15) is 0 Å². The largest absolute Gasteiger partial charge is 0.465 e. The molecule has 1 aromatic heterocycles. The molecule has 92 valence electrons. The Morgan fingerprint density at radius 1 is 1.59 bits per heavy atom. The molecule has 1 heterocycles. The fraction of sp³-hybridized carbons (Fsp3) is 0.143. The number of esters is 1. The van der Waals surface area contributed by atoms with Crippen LogP contribution in [0, 0.1) is 10.1 Å². The minimum Gasteiger partial charge on any atom is -0.465 e. The van der Waals surface area contributed by atoms with Gasteiger partial charge in [0, 0.05) is 22.9 Å². The van der Waals surface area contributed by atoms with Crippen molar-refractivity contribution in [1.82, 2.24) is 4.98 Å². The molecule has 10 heteroatoms. The van der Waals surface area contributed by atoms with Crippen LogP contribution in [0.4, 0.5) is 5.69 Å². The highest BCUT2D eigenvalue weighted by Gasteiger charge is 2.27. The number of hydrogen-bond donors (Lipinski definition) is 0. The summed E-state index contributed by atoms with van der Waals surface area (Å²) in [5.74, 6) is -0.876. The van der Waals surface area contributed by atoms with E-state index in [0.29, 0.717) is 0 Å². The fourth-order valence-electron chi connectivity index (χ4n) is 0.989. The Kier molecular flexibility index (Phi) is 3.63. The molecule has 0 aromatic carbocycles. The first-order valence-corrected chi connectivity index (χ1v) is 6.25. The van der Waals surface area contributed by atoms with E-state index in [1.807, 2.05) is 0 Å². The van der Waals surface area contributed by atoms with Crippen molar-refractivity contribution in [3.05, 3.63) is 27.9 Å². The second kappa shape index (κ2) is 4.63. The van der Waals surface area contributed by atoms with Crippen molar-refractivity contribution in [2.24, 2.45) is 0 Å². The van der Waals surface area contributed by atoms with E-state index in [4.69, 9.17) is 10.7 Å². The molecule has 0 unspecified atom stereocenters. The second-order valence-corrected chi connectivity index (χ2v) is 5.22. The summed E-state index contributed by atoms with van der Waals surface area (Å²) in [6.45, 7) is 0. The van der Waals surface area contributed by atoms with E-state index in [9.17, 15) is 23.3 Å². The molecular formula is C7H5ClN2O6S. The minimum absolute atomic E-state index is 0.247. The van der Waals surface area contributed by atoms with Gasteiger partial charge >= 0.3 is 11.7 Å². The van der Waals surface area contributed by atoms with Gasteiger partial charge in [-0.25, -0.2) is 18.2 Å². The summed E-state index contributed by atoms with van der Waals surface area (Å²) in [5, 5.41) is 9.70. The van der Waals surface area contributed by atoms with Crippen LogP contribution >= 0.6 is 10.7 Å². The van der Waals surface area contributed by atoms with Crippen molar-refractivity contribution in [3.8, 4) is 0 Å². The minimum atomic E-state index is -4.36. The topological polar surface area (TPSA) is 116 Å². The second-order valence-electron chi connectivity index (χ2n) is 2.73. The van der Waals surface area contributed by atoms with Crippen molar-refractivity contribution in [3.63, 3.8) is 0 Å². The number of aromatic nitrogens is 1. The Bertz CT molecular complexity index is 584. The number of carbonyl (C=O) groups is 1. The highest BCUT2D eigenvalue weighted by molar-refractivity contribution is 8.13. The molecule has 0 atom stereocenters. The van der Waals surface area contributed by atoms with E-state index in [-0.39, 0.29) is 5.56 Å². The zero-order valence-corrected chi connectivity index (χ0v) is 9.86. The van der Waals surface area contributed by atoms with Gasteiger partial charge in [-0.15, -0.1) is 0 Å². The molecule has 0 N–H and O–H groups in total. The molecule has 0 saturated heterocycles. The van der Waals surface area contributed by atoms with Gasteiger partial charge in [-0.2, -0.15) is 0 Å². The maximum atomic E-state index is 11.1. The first-order valence-electron chi connectivity index (χ1n) is 3.94. The quantitative estimate of drug-likeness (QED) is 0.346. The Labute approximate surface area is 99.7 Å². The van der Waals surface area contributed by atoms with Crippen LogP contribution in [-0.2, 0) is 13.8 Å². The van der Waals surface area contributed by atoms with Crippen LogP contribution in [0.3, 0.4) is 0 Å². The molecule has 0 aliphatic carbocycles. The van der Waals surface area contributed by atoms with Crippen molar-refractivity contribution in [1.29, 1.82) is 0 Å². The first-order chi connectivity index (χ1) is 7.77. The lowest BCUT2D eigenvalue weighted by Crippen LogP contribution is -2.07. The number of pyridine rings is 1. The molecule has 8 nitrogen and oxygen atoms in total. The van der Waals surface area contributed by atoms with Crippen LogP contribution in [0.1, 0.15) is 10.4 Å². The molecule has 0 fully saturated rings. The smallest absolute Gasteiger partial charge is 0.339 e. The van der Waals surface area contributed by atoms with Crippen LogP contribution < -0.4 is 0 Å². The van der Waals surface area contributed by atoms with E-state index < -0.39 is 30.7 Å². The standard InChI is InChI=1S/C7H5ClN2O6S/c1-16-7(11)4-2-5(10(12)13)6(9-3-4)17(8,14)15/h2-3H,1H3. The van der Waals surface area contributed by atoms with Gasteiger partial charge in [-0.1, -0.05) is 0 Å². The van der Waals surface area contributed by atoms with E-state index in [1.165, 1.54) is 0 Å². The molecule has 17 heavy (non-hydrogen) atoms. The number of nitrogens with zero attached hydrogens (tertiary/aromatic N) is 2. The van der Waals surface area contributed by atoms with Crippen LogP contribution in [0.2, 0.25) is 0 Å². The highest BCUT2D eigenvalue weighted by Crippen LogP contribution is 2.25. The lowest BCUT2D eigenvalue weighted by molar-refractivity contribution is -0.388. The van der Waals surface area contributed by atoms with Crippen molar-refractivity contribution < 1.29 is 22.9 Å². The number of carbonyl (C=O) groups excluding carboxylic acids is 1. The van der Waals surface area contributed by atoms with Gasteiger partial charge < -0.3 is 4.74 Å². The summed E-state index contributed by atoms with van der Waals surface area (Å²) in [5.41, 5.74) is -1.13. The van der Waals surface area contributed by atoms with E-state index >= 15 is 0 Å². The fourth-order valence-corrected chi connectivity index (χ4v) is 1.91. The summed E-state index contributed by atoms with van der Waals surface area (Å²) < 4.78 is 26.3. The van der Waals surface area contributed by atoms with E-state index in [0.717, 1.165) is 19.4 Å². The van der Waals surface area contributed by atoms with Gasteiger partial charge in [0.05, 0.1) is 17.6 Å². The summed E-state index contributed by atoms with van der Waals surface area (Å²) in [6, 6.07) is 0.730. The monoisotopic (exact) mass is 280 g/mol. The third kappa shape index (κ3) is 2.88. The van der Waals surface area contributed by atoms with Crippen molar-refractivity contribution in [2.75, 3.05) is 7.11 Å². The lowest BCUT2D eigenvalue weighted by atomic mass is 10.3. The molecule has 0 saturated carbocycles. The van der Waals surface area contributed by atoms with Crippen molar-refractivity contribution in [2.45, 2.75) is 5.03 Å². The van der Waals surface area contributed by atoms with Gasteiger partial charge in [-0.3, -0.25) is 10.1 Å². The van der Waals surface area contributed by atoms with Crippen LogP contribution in [-0.4, -0.2) is 31.4 Å². The number of halogens is 1. The molecule has 0 amide bonds.